The van der Waals surface area contributed by atoms with E-state index in [-0.39, 0.29) is 6.10 Å². The molecule has 21 heavy (non-hydrogen) atoms. The average molecular weight is 290 g/mol. The summed E-state index contributed by atoms with van der Waals surface area (Å²) < 4.78 is 0. The van der Waals surface area contributed by atoms with Crippen molar-refractivity contribution in [3.8, 4) is 0 Å². The van der Waals surface area contributed by atoms with Crippen LogP contribution >= 0.6 is 0 Å². The molecule has 3 N–H and O–H groups in total. The minimum absolute atomic E-state index is 0.114. The van der Waals surface area contributed by atoms with Gasteiger partial charge in [-0.1, -0.05) is 6.92 Å². The molecular weight excluding hydrogens is 264 g/mol. The summed E-state index contributed by atoms with van der Waals surface area (Å²) in [6, 6.07) is 2.45. The third-order valence-corrected chi connectivity index (χ3v) is 4.29. The van der Waals surface area contributed by atoms with Crippen LogP contribution in [-0.2, 0) is 0 Å². The molecule has 2 aliphatic carbocycles. The third kappa shape index (κ3) is 4.06. The summed E-state index contributed by atoms with van der Waals surface area (Å²) in [5.41, 5.74) is 0. The first-order valence-corrected chi connectivity index (χ1v) is 8.32. The van der Waals surface area contributed by atoms with Crippen molar-refractivity contribution in [3.63, 3.8) is 0 Å². The van der Waals surface area contributed by atoms with E-state index in [0.29, 0.717) is 12.0 Å². The maximum atomic E-state index is 9.60. The molecule has 2 saturated carbocycles. The van der Waals surface area contributed by atoms with E-state index in [2.05, 4.69) is 22.5 Å². The van der Waals surface area contributed by atoms with E-state index in [4.69, 9.17) is 4.98 Å². The SMILES string of the molecule is CCCNc1cc(NC2CCC(O)CC2)nc(C2CC2)n1. The number of aromatic nitrogens is 2. The fraction of sp³-hybridized carbons (Fsp3) is 0.750. The Balaban J connectivity index is 1.69. The number of hydrogen-bond donors (Lipinski definition) is 3. The zero-order valence-corrected chi connectivity index (χ0v) is 12.8. The van der Waals surface area contributed by atoms with Gasteiger partial charge >= 0.3 is 0 Å². The van der Waals surface area contributed by atoms with E-state index in [1.807, 2.05) is 6.07 Å². The summed E-state index contributed by atoms with van der Waals surface area (Å²) in [5.74, 6) is 3.41. The van der Waals surface area contributed by atoms with Gasteiger partial charge in [0.05, 0.1) is 6.10 Å². The van der Waals surface area contributed by atoms with Gasteiger partial charge in [0, 0.05) is 24.6 Å². The highest BCUT2D eigenvalue weighted by Gasteiger charge is 2.28. The van der Waals surface area contributed by atoms with E-state index in [1.54, 1.807) is 0 Å². The van der Waals surface area contributed by atoms with E-state index in [9.17, 15) is 5.11 Å². The summed E-state index contributed by atoms with van der Waals surface area (Å²) in [5, 5.41) is 16.5. The monoisotopic (exact) mass is 290 g/mol. The Morgan fingerprint density at radius 3 is 2.48 bits per heavy atom. The van der Waals surface area contributed by atoms with Gasteiger partial charge in [0.25, 0.3) is 0 Å². The van der Waals surface area contributed by atoms with E-state index >= 15 is 0 Å². The standard InChI is InChI=1S/C16H26N4O/c1-2-9-17-14-10-15(20-16(19-14)11-3-4-11)18-12-5-7-13(21)8-6-12/h10-13,21H,2-9H2,1H3,(H2,17,18,19,20). The van der Waals surface area contributed by atoms with Gasteiger partial charge in [0.2, 0.25) is 0 Å². The molecule has 0 unspecified atom stereocenters. The third-order valence-electron chi connectivity index (χ3n) is 4.29. The smallest absolute Gasteiger partial charge is 0.136 e. The summed E-state index contributed by atoms with van der Waals surface area (Å²) in [4.78, 5) is 9.33. The van der Waals surface area contributed by atoms with E-state index in [0.717, 1.165) is 56.1 Å². The molecule has 1 heterocycles. The molecule has 0 bridgehead atoms. The second-order valence-corrected chi connectivity index (χ2v) is 6.35. The normalized spacial score (nSPS) is 25.6. The van der Waals surface area contributed by atoms with Crippen LogP contribution in [0, 0.1) is 0 Å². The molecule has 0 spiro atoms. The van der Waals surface area contributed by atoms with Crippen LogP contribution in [0.1, 0.15) is 63.6 Å². The van der Waals surface area contributed by atoms with Crippen LogP contribution in [0.5, 0.6) is 0 Å². The van der Waals surface area contributed by atoms with Gasteiger partial charge in [0.1, 0.15) is 17.5 Å². The van der Waals surface area contributed by atoms with Gasteiger partial charge < -0.3 is 15.7 Å². The minimum atomic E-state index is -0.114. The van der Waals surface area contributed by atoms with Gasteiger partial charge in [-0.15, -0.1) is 0 Å². The van der Waals surface area contributed by atoms with Gasteiger partial charge in [-0.05, 0) is 44.9 Å². The lowest BCUT2D eigenvalue weighted by Crippen LogP contribution is -2.28. The van der Waals surface area contributed by atoms with Gasteiger partial charge in [-0.25, -0.2) is 9.97 Å². The Kier molecular flexibility index (Phi) is 4.58. The molecule has 0 saturated heterocycles. The largest absolute Gasteiger partial charge is 0.393 e. The number of aliphatic hydroxyl groups excluding tert-OH is 1. The Bertz CT molecular complexity index is 467. The molecule has 116 valence electrons. The van der Waals surface area contributed by atoms with E-state index < -0.39 is 0 Å². The van der Waals surface area contributed by atoms with Crippen LogP contribution < -0.4 is 10.6 Å². The van der Waals surface area contributed by atoms with Crippen LogP contribution in [0.2, 0.25) is 0 Å². The van der Waals surface area contributed by atoms with Crippen molar-refractivity contribution in [1.29, 1.82) is 0 Å². The highest BCUT2D eigenvalue weighted by molar-refractivity contribution is 5.48. The summed E-state index contributed by atoms with van der Waals surface area (Å²) in [7, 11) is 0. The Morgan fingerprint density at radius 1 is 1.10 bits per heavy atom. The zero-order chi connectivity index (χ0) is 14.7. The molecule has 0 atom stereocenters. The van der Waals surface area contributed by atoms with Crippen molar-refractivity contribution in [1.82, 2.24) is 9.97 Å². The molecule has 0 amide bonds. The van der Waals surface area contributed by atoms with Crippen molar-refractivity contribution < 1.29 is 5.11 Å². The van der Waals surface area contributed by atoms with Crippen LogP contribution in [0.4, 0.5) is 11.6 Å². The van der Waals surface area contributed by atoms with Crippen LogP contribution in [0.15, 0.2) is 6.07 Å². The number of nitrogens with zero attached hydrogens (tertiary/aromatic N) is 2. The van der Waals surface area contributed by atoms with Crippen molar-refractivity contribution in [3.05, 3.63) is 11.9 Å². The first kappa shape index (κ1) is 14.6. The van der Waals surface area contributed by atoms with Crippen molar-refractivity contribution >= 4 is 11.6 Å². The molecule has 3 rings (SSSR count). The minimum Gasteiger partial charge on any atom is -0.393 e. The topological polar surface area (TPSA) is 70.1 Å². The number of hydrogen-bond acceptors (Lipinski definition) is 5. The van der Waals surface area contributed by atoms with Crippen molar-refractivity contribution in [2.24, 2.45) is 0 Å². The molecular formula is C16H26N4O. The Hall–Kier alpha value is -1.36. The Morgan fingerprint density at radius 2 is 1.81 bits per heavy atom. The molecule has 1 aromatic rings. The number of aliphatic hydroxyl groups is 1. The second-order valence-electron chi connectivity index (χ2n) is 6.35. The van der Waals surface area contributed by atoms with Crippen LogP contribution in [0.3, 0.4) is 0 Å². The fourth-order valence-corrected chi connectivity index (χ4v) is 2.84. The fourth-order valence-electron chi connectivity index (χ4n) is 2.84. The predicted octanol–water partition coefficient (Wildman–Crippen LogP) is 2.89. The quantitative estimate of drug-likeness (QED) is 0.751. The predicted molar refractivity (Wildman–Crippen MR) is 84.7 cm³/mol. The average Bonchev–Trinajstić information content (AvgIpc) is 3.32. The molecule has 0 aliphatic heterocycles. The zero-order valence-electron chi connectivity index (χ0n) is 12.8. The van der Waals surface area contributed by atoms with Crippen LogP contribution in [0.25, 0.3) is 0 Å². The van der Waals surface area contributed by atoms with Crippen molar-refractivity contribution in [2.45, 2.75) is 69.9 Å². The summed E-state index contributed by atoms with van der Waals surface area (Å²) in [6.45, 7) is 3.10. The van der Waals surface area contributed by atoms with E-state index in [1.165, 1.54) is 12.8 Å². The van der Waals surface area contributed by atoms with Gasteiger partial charge in [-0.2, -0.15) is 0 Å². The van der Waals surface area contributed by atoms with Crippen molar-refractivity contribution in [2.75, 3.05) is 17.2 Å². The summed E-state index contributed by atoms with van der Waals surface area (Å²) >= 11 is 0. The lowest BCUT2D eigenvalue weighted by atomic mass is 9.93. The number of nitrogens with one attached hydrogen (secondary N) is 2. The number of anilines is 2. The van der Waals surface area contributed by atoms with Gasteiger partial charge in [-0.3, -0.25) is 0 Å². The lowest BCUT2D eigenvalue weighted by Gasteiger charge is -2.26. The molecule has 0 aromatic carbocycles. The first-order chi connectivity index (χ1) is 10.2. The second kappa shape index (κ2) is 6.60. The summed E-state index contributed by atoms with van der Waals surface area (Å²) in [6.07, 6.45) is 7.21. The maximum Gasteiger partial charge on any atom is 0.136 e. The highest BCUT2D eigenvalue weighted by Crippen LogP contribution is 2.39. The first-order valence-electron chi connectivity index (χ1n) is 8.32. The Labute approximate surface area is 126 Å². The highest BCUT2D eigenvalue weighted by atomic mass is 16.3. The molecule has 5 heteroatoms. The lowest BCUT2D eigenvalue weighted by molar-refractivity contribution is 0.126. The molecule has 2 fully saturated rings. The molecule has 1 aromatic heterocycles. The van der Waals surface area contributed by atoms with Crippen LogP contribution in [-0.4, -0.2) is 33.8 Å². The maximum absolute atomic E-state index is 9.60. The molecule has 5 nitrogen and oxygen atoms in total. The number of rotatable bonds is 6. The molecule has 2 aliphatic rings. The molecule has 0 radical (unpaired) electrons. The van der Waals surface area contributed by atoms with Gasteiger partial charge in [0.15, 0.2) is 0 Å².